The van der Waals surface area contributed by atoms with Gasteiger partial charge in [-0.05, 0) is 35.4 Å². The Morgan fingerprint density at radius 3 is 2.62 bits per heavy atom. The summed E-state index contributed by atoms with van der Waals surface area (Å²) in [5, 5.41) is 0.676. The number of anilines is 1. The fraction of sp³-hybridized carbons (Fsp3) is 0.0625. The van der Waals surface area contributed by atoms with E-state index in [1.54, 1.807) is 7.11 Å². The van der Waals surface area contributed by atoms with Crippen molar-refractivity contribution in [3.63, 3.8) is 0 Å². The summed E-state index contributed by atoms with van der Waals surface area (Å²) in [6.07, 6.45) is 0. The van der Waals surface area contributed by atoms with Crippen LogP contribution in [-0.2, 0) is 0 Å². The molecule has 0 spiro atoms. The lowest BCUT2D eigenvalue weighted by atomic mass is 10.0. The molecule has 3 aromatic rings. The second kappa shape index (κ2) is 4.86. The Balaban J connectivity index is 2.14. The number of ether oxygens (including phenoxy) is 1. The molecule has 0 fully saturated rings. The van der Waals surface area contributed by atoms with Crippen LogP contribution in [0.1, 0.15) is 10.6 Å². The molecule has 1 aromatic heterocycles. The highest BCUT2D eigenvalue weighted by Gasteiger charge is 2.16. The number of nitrogen functional groups attached to an aromatic ring is 1. The van der Waals surface area contributed by atoms with Crippen molar-refractivity contribution in [2.75, 3.05) is 12.8 Å². The van der Waals surface area contributed by atoms with Crippen molar-refractivity contribution in [1.82, 2.24) is 0 Å². The van der Waals surface area contributed by atoms with Gasteiger partial charge in [-0.2, -0.15) is 0 Å². The molecular weight excluding hydrogens is 268 g/mol. The molecule has 5 heteroatoms. The van der Waals surface area contributed by atoms with E-state index in [2.05, 4.69) is 0 Å². The fourth-order valence-electron chi connectivity index (χ4n) is 2.28. The minimum absolute atomic E-state index is 0.00667. The molecule has 5 nitrogen and oxygen atoms in total. The molecule has 0 aliphatic heterocycles. The molecule has 0 bridgehead atoms. The molecule has 4 N–H and O–H groups in total. The Kier molecular flexibility index (Phi) is 3.02. The van der Waals surface area contributed by atoms with Gasteiger partial charge < -0.3 is 20.6 Å². The molecule has 1 heterocycles. The average Bonchev–Trinajstić information content (AvgIpc) is 2.84. The van der Waals surface area contributed by atoms with Crippen LogP contribution in [0, 0.1) is 0 Å². The topological polar surface area (TPSA) is 91.5 Å². The summed E-state index contributed by atoms with van der Waals surface area (Å²) in [5.41, 5.74) is 13.8. The third kappa shape index (κ3) is 2.18. The number of carbonyl (C=O) groups is 1. The van der Waals surface area contributed by atoms with Gasteiger partial charge in [0, 0.05) is 5.39 Å². The number of primary amides is 1. The van der Waals surface area contributed by atoms with Gasteiger partial charge in [-0.3, -0.25) is 4.79 Å². The zero-order valence-electron chi connectivity index (χ0n) is 11.4. The first-order valence-electron chi connectivity index (χ1n) is 6.36. The van der Waals surface area contributed by atoms with E-state index in [4.69, 9.17) is 20.6 Å². The quantitative estimate of drug-likeness (QED) is 0.772. The Hall–Kier alpha value is -2.95. The van der Waals surface area contributed by atoms with Crippen molar-refractivity contribution in [3.8, 4) is 16.9 Å². The smallest absolute Gasteiger partial charge is 0.286 e. The molecule has 2 aromatic carbocycles. The molecule has 0 saturated carbocycles. The van der Waals surface area contributed by atoms with Gasteiger partial charge in [0.2, 0.25) is 5.76 Å². The first-order valence-corrected chi connectivity index (χ1v) is 6.36. The predicted octanol–water partition coefficient (Wildman–Crippen LogP) is 2.79. The van der Waals surface area contributed by atoms with E-state index in [9.17, 15) is 4.79 Å². The van der Waals surface area contributed by atoms with Crippen LogP contribution in [0.3, 0.4) is 0 Å². The van der Waals surface area contributed by atoms with Crippen molar-refractivity contribution < 1.29 is 13.9 Å². The highest BCUT2D eigenvalue weighted by atomic mass is 16.5. The van der Waals surface area contributed by atoms with Crippen LogP contribution in [0.5, 0.6) is 5.75 Å². The maximum atomic E-state index is 11.3. The third-order valence-electron chi connectivity index (χ3n) is 3.36. The third-order valence-corrected chi connectivity index (χ3v) is 3.36. The van der Waals surface area contributed by atoms with Crippen LogP contribution in [-0.4, -0.2) is 13.0 Å². The number of nitrogens with two attached hydrogens (primary N) is 2. The van der Waals surface area contributed by atoms with Gasteiger partial charge in [0.25, 0.3) is 5.91 Å². The van der Waals surface area contributed by atoms with E-state index in [-0.39, 0.29) is 11.4 Å². The maximum Gasteiger partial charge on any atom is 0.286 e. The fourth-order valence-corrected chi connectivity index (χ4v) is 2.28. The van der Waals surface area contributed by atoms with Crippen molar-refractivity contribution in [3.05, 3.63) is 48.2 Å². The highest BCUT2D eigenvalue weighted by molar-refractivity contribution is 6.05. The standard InChI is InChI=1S/C16H14N2O3/c1-20-11-4-2-3-9(7-11)10-5-6-12-13(8-10)21-15(14(12)17)16(18)19/h2-8H,17H2,1H3,(H2,18,19). The van der Waals surface area contributed by atoms with Crippen molar-refractivity contribution in [1.29, 1.82) is 0 Å². The zero-order chi connectivity index (χ0) is 15.0. The van der Waals surface area contributed by atoms with Crippen LogP contribution in [0.15, 0.2) is 46.9 Å². The van der Waals surface area contributed by atoms with E-state index in [1.807, 2.05) is 42.5 Å². The minimum Gasteiger partial charge on any atom is -0.497 e. The van der Waals surface area contributed by atoms with Gasteiger partial charge in [-0.15, -0.1) is 0 Å². The lowest BCUT2D eigenvalue weighted by molar-refractivity contribution is 0.0977. The van der Waals surface area contributed by atoms with Crippen LogP contribution >= 0.6 is 0 Å². The van der Waals surface area contributed by atoms with Gasteiger partial charge in [0.1, 0.15) is 11.3 Å². The first kappa shape index (κ1) is 13.1. The Morgan fingerprint density at radius 1 is 1.14 bits per heavy atom. The second-order valence-corrected chi connectivity index (χ2v) is 4.65. The van der Waals surface area contributed by atoms with Crippen molar-refractivity contribution >= 4 is 22.6 Å². The molecule has 0 unspecified atom stereocenters. The SMILES string of the molecule is COc1cccc(-c2ccc3c(N)c(C(N)=O)oc3c2)c1. The van der Waals surface area contributed by atoms with Gasteiger partial charge >= 0.3 is 0 Å². The van der Waals surface area contributed by atoms with Crippen LogP contribution in [0.25, 0.3) is 22.1 Å². The second-order valence-electron chi connectivity index (χ2n) is 4.65. The predicted molar refractivity (Wildman–Crippen MR) is 81.1 cm³/mol. The van der Waals surface area contributed by atoms with E-state index in [0.717, 1.165) is 16.9 Å². The summed E-state index contributed by atoms with van der Waals surface area (Å²) >= 11 is 0. The molecule has 0 saturated heterocycles. The van der Waals surface area contributed by atoms with Crippen molar-refractivity contribution in [2.45, 2.75) is 0 Å². The normalized spacial score (nSPS) is 10.7. The zero-order valence-corrected chi connectivity index (χ0v) is 11.4. The molecule has 1 amide bonds. The number of carbonyl (C=O) groups excluding carboxylic acids is 1. The highest BCUT2D eigenvalue weighted by Crippen LogP contribution is 2.32. The average molecular weight is 282 g/mol. The van der Waals surface area contributed by atoms with Gasteiger partial charge in [-0.25, -0.2) is 0 Å². The number of fused-ring (bicyclic) bond motifs is 1. The summed E-state index contributed by atoms with van der Waals surface area (Å²) in [6, 6.07) is 13.2. The number of methoxy groups -OCH3 is 1. The van der Waals surface area contributed by atoms with Crippen LogP contribution in [0.4, 0.5) is 5.69 Å². The number of hydrogen-bond donors (Lipinski definition) is 2. The van der Waals surface area contributed by atoms with Gasteiger partial charge in [0.05, 0.1) is 12.8 Å². The molecule has 0 radical (unpaired) electrons. The summed E-state index contributed by atoms with van der Waals surface area (Å²) < 4.78 is 10.7. The number of benzene rings is 2. The lowest BCUT2D eigenvalue weighted by Crippen LogP contribution is -2.11. The summed E-state index contributed by atoms with van der Waals surface area (Å²) in [6.45, 7) is 0. The molecule has 0 aliphatic carbocycles. The molecule has 106 valence electrons. The Bertz CT molecular complexity index is 837. The Labute approximate surface area is 121 Å². The van der Waals surface area contributed by atoms with Gasteiger partial charge in [0.15, 0.2) is 0 Å². The van der Waals surface area contributed by atoms with E-state index in [0.29, 0.717) is 11.0 Å². The molecule has 21 heavy (non-hydrogen) atoms. The minimum atomic E-state index is -0.674. The van der Waals surface area contributed by atoms with Crippen LogP contribution < -0.4 is 16.2 Å². The van der Waals surface area contributed by atoms with E-state index in [1.165, 1.54) is 0 Å². The number of amides is 1. The van der Waals surface area contributed by atoms with Crippen LogP contribution in [0.2, 0.25) is 0 Å². The van der Waals surface area contributed by atoms with E-state index < -0.39 is 5.91 Å². The maximum absolute atomic E-state index is 11.3. The Morgan fingerprint density at radius 2 is 1.90 bits per heavy atom. The summed E-state index contributed by atoms with van der Waals surface area (Å²) in [4.78, 5) is 11.3. The van der Waals surface area contributed by atoms with Crippen molar-refractivity contribution in [2.24, 2.45) is 5.73 Å². The summed E-state index contributed by atoms with van der Waals surface area (Å²) in [7, 11) is 1.62. The first-order chi connectivity index (χ1) is 10.1. The lowest BCUT2D eigenvalue weighted by Gasteiger charge is -2.04. The molecular formula is C16H14N2O3. The summed E-state index contributed by atoms with van der Waals surface area (Å²) in [5.74, 6) is 0.0869. The largest absolute Gasteiger partial charge is 0.497 e. The molecule has 0 atom stereocenters. The number of hydrogen-bond acceptors (Lipinski definition) is 4. The van der Waals surface area contributed by atoms with Gasteiger partial charge in [-0.1, -0.05) is 18.2 Å². The molecule has 0 aliphatic rings. The number of furan rings is 1. The monoisotopic (exact) mass is 282 g/mol. The molecule has 3 rings (SSSR count). The van der Waals surface area contributed by atoms with E-state index >= 15 is 0 Å². The number of rotatable bonds is 3.